The largest absolute Gasteiger partial charge is 0.369 e. The first-order chi connectivity index (χ1) is 8.69. The molecule has 0 aliphatic rings. The van der Waals surface area contributed by atoms with Gasteiger partial charge in [0.05, 0.1) is 5.69 Å². The van der Waals surface area contributed by atoms with Gasteiger partial charge in [-0.3, -0.25) is 0 Å². The summed E-state index contributed by atoms with van der Waals surface area (Å²) in [5.74, 6) is 0. The lowest BCUT2D eigenvalue weighted by molar-refractivity contribution is 0.237. The van der Waals surface area contributed by atoms with E-state index in [1.165, 1.54) is 14.9 Å². The van der Waals surface area contributed by atoms with E-state index < -0.39 is 0 Å². The Hall–Kier alpha value is -1.91. The first kappa shape index (κ1) is 12.5. The van der Waals surface area contributed by atoms with Gasteiger partial charge in [0, 0.05) is 18.1 Å². The quantitative estimate of drug-likeness (QED) is 0.835. The van der Waals surface area contributed by atoms with E-state index >= 15 is 0 Å². The summed E-state index contributed by atoms with van der Waals surface area (Å²) < 4.78 is 2.76. The molecule has 0 bridgehead atoms. The molecular weight excluding hydrogens is 228 g/mol. The molecule has 0 amide bonds. The lowest BCUT2D eigenvalue weighted by Gasteiger charge is -2.02. The van der Waals surface area contributed by atoms with Gasteiger partial charge in [0.25, 0.3) is 0 Å². The van der Waals surface area contributed by atoms with Crippen LogP contribution >= 0.6 is 0 Å². The van der Waals surface area contributed by atoms with Crippen LogP contribution in [-0.4, -0.2) is 25.6 Å². The van der Waals surface area contributed by atoms with E-state index in [-0.39, 0.29) is 6.03 Å². The number of rotatable bonds is 3. The maximum atomic E-state index is 12.2. The van der Waals surface area contributed by atoms with E-state index in [4.69, 9.17) is 0 Å². The maximum Gasteiger partial charge on any atom is 0.369 e. The van der Waals surface area contributed by atoms with Crippen molar-refractivity contribution in [1.29, 1.82) is 0 Å². The number of aryl methyl sites for hydroxylation is 1. The highest BCUT2D eigenvalue weighted by atomic mass is 16.2. The van der Waals surface area contributed by atoms with Gasteiger partial charge in [-0.2, -0.15) is 19.6 Å². The van der Waals surface area contributed by atoms with E-state index in [1.807, 2.05) is 6.92 Å². The van der Waals surface area contributed by atoms with Crippen molar-refractivity contribution in [2.75, 3.05) is 0 Å². The van der Waals surface area contributed by atoms with Gasteiger partial charge >= 0.3 is 6.03 Å². The Morgan fingerprint density at radius 3 is 2.72 bits per heavy atom. The van der Waals surface area contributed by atoms with Gasteiger partial charge in [-0.1, -0.05) is 20.3 Å². The Labute approximate surface area is 106 Å². The number of carbonyl (C=O) groups is 1. The van der Waals surface area contributed by atoms with Crippen LogP contribution in [-0.2, 0) is 12.8 Å². The lowest BCUT2D eigenvalue weighted by atomic mass is 10.1. The third kappa shape index (κ3) is 2.08. The molecule has 96 valence electrons. The van der Waals surface area contributed by atoms with Crippen LogP contribution in [0, 0.1) is 6.92 Å². The normalized spacial score (nSPS) is 10.8. The van der Waals surface area contributed by atoms with Crippen LogP contribution in [0.1, 0.15) is 37.2 Å². The molecule has 0 radical (unpaired) electrons. The smallest absolute Gasteiger partial charge is 0.244 e. The number of hydrogen-bond acceptors (Lipinski definition) is 3. The Morgan fingerprint density at radius 1 is 1.39 bits per heavy atom. The van der Waals surface area contributed by atoms with E-state index in [1.54, 1.807) is 18.5 Å². The number of aromatic nitrogens is 4. The van der Waals surface area contributed by atoms with Crippen LogP contribution in [0.25, 0.3) is 0 Å². The third-order valence-electron chi connectivity index (χ3n) is 3.05. The minimum atomic E-state index is -0.227. The van der Waals surface area contributed by atoms with Crippen molar-refractivity contribution < 1.29 is 4.79 Å². The molecule has 0 atom stereocenters. The van der Waals surface area contributed by atoms with E-state index in [0.29, 0.717) is 0 Å². The highest BCUT2D eigenvalue weighted by Gasteiger charge is 2.18. The molecule has 0 unspecified atom stereocenters. The minimum Gasteiger partial charge on any atom is -0.244 e. The number of hydrogen-bond donors (Lipinski definition) is 0. The number of nitrogens with zero attached hydrogens (tertiary/aromatic N) is 4. The summed E-state index contributed by atoms with van der Waals surface area (Å²) in [7, 11) is 0. The molecule has 0 saturated heterocycles. The third-order valence-corrected chi connectivity index (χ3v) is 3.05. The van der Waals surface area contributed by atoms with Crippen molar-refractivity contribution >= 4 is 6.03 Å². The Morgan fingerprint density at radius 2 is 2.17 bits per heavy atom. The highest BCUT2D eigenvalue weighted by Crippen LogP contribution is 2.16. The van der Waals surface area contributed by atoms with Gasteiger partial charge in [0.1, 0.15) is 0 Å². The summed E-state index contributed by atoms with van der Waals surface area (Å²) in [6.07, 6.45) is 6.05. The van der Waals surface area contributed by atoms with Crippen molar-refractivity contribution in [3.8, 4) is 0 Å². The zero-order valence-corrected chi connectivity index (χ0v) is 11.1. The average Bonchev–Trinajstić information content (AvgIpc) is 2.97. The van der Waals surface area contributed by atoms with Crippen LogP contribution in [0.5, 0.6) is 0 Å². The Kier molecular flexibility index (Phi) is 3.60. The topological polar surface area (TPSA) is 52.7 Å². The fraction of sp³-hybridized carbons (Fsp3) is 0.462. The monoisotopic (exact) mass is 246 g/mol. The SMILES string of the molecule is CCCc1nn(C(=O)n2cccn2)c(C)c1CC. The molecule has 2 heterocycles. The fourth-order valence-electron chi connectivity index (χ4n) is 2.16. The molecule has 0 aliphatic carbocycles. The molecule has 2 aromatic heterocycles. The number of carbonyl (C=O) groups excluding carboxylic acids is 1. The lowest BCUT2D eigenvalue weighted by Crippen LogP contribution is -2.22. The summed E-state index contributed by atoms with van der Waals surface area (Å²) in [6.45, 7) is 6.14. The predicted octanol–water partition coefficient (Wildman–Crippen LogP) is 2.42. The van der Waals surface area contributed by atoms with Crippen LogP contribution in [0.4, 0.5) is 4.79 Å². The second-order valence-corrected chi connectivity index (χ2v) is 4.26. The summed E-state index contributed by atoms with van der Waals surface area (Å²) in [5.41, 5.74) is 3.12. The van der Waals surface area contributed by atoms with Crippen LogP contribution < -0.4 is 0 Å². The van der Waals surface area contributed by atoms with E-state index in [0.717, 1.165) is 30.7 Å². The van der Waals surface area contributed by atoms with Crippen molar-refractivity contribution in [1.82, 2.24) is 19.6 Å². The van der Waals surface area contributed by atoms with Gasteiger partial charge in [-0.15, -0.1) is 0 Å². The first-order valence-electron chi connectivity index (χ1n) is 6.30. The summed E-state index contributed by atoms with van der Waals surface area (Å²) >= 11 is 0. The fourth-order valence-corrected chi connectivity index (χ4v) is 2.16. The molecule has 0 aliphatic heterocycles. The van der Waals surface area contributed by atoms with Crippen LogP contribution in [0.3, 0.4) is 0 Å². The van der Waals surface area contributed by atoms with Gasteiger partial charge < -0.3 is 0 Å². The standard InChI is InChI=1S/C13H18N4O/c1-4-7-12-11(5-2)10(3)17(15-12)13(18)16-9-6-8-14-16/h6,8-9H,4-5,7H2,1-3H3. The summed E-state index contributed by atoms with van der Waals surface area (Å²) in [4.78, 5) is 12.2. The molecule has 0 aromatic carbocycles. The molecule has 2 aromatic rings. The van der Waals surface area contributed by atoms with Crippen molar-refractivity contribution in [3.63, 3.8) is 0 Å². The predicted molar refractivity (Wildman–Crippen MR) is 68.8 cm³/mol. The van der Waals surface area contributed by atoms with Gasteiger partial charge in [-0.25, -0.2) is 4.79 Å². The summed E-state index contributed by atoms with van der Waals surface area (Å²) in [5, 5.41) is 8.38. The van der Waals surface area contributed by atoms with Crippen LogP contribution in [0.15, 0.2) is 18.5 Å². The molecular formula is C13H18N4O. The molecule has 2 rings (SSSR count). The first-order valence-corrected chi connectivity index (χ1v) is 6.30. The second kappa shape index (κ2) is 5.16. The Balaban J connectivity index is 2.42. The molecule has 5 nitrogen and oxygen atoms in total. The van der Waals surface area contributed by atoms with Crippen molar-refractivity contribution in [3.05, 3.63) is 35.4 Å². The molecule has 5 heteroatoms. The average molecular weight is 246 g/mol. The highest BCUT2D eigenvalue weighted by molar-refractivity contribution is 5.78. The summed E-state index contributed by atoms with van der Waals surface area (Å²) in [6, 6.07) is 1.50. The molecule has 0 spiro atoms. The molecule has 18 heavy (non-hydrogen) atoms. The molecule has 0 saturated carbocycles. The van der Waals surface area contributed by atoms with Crippen molar-refractivity contribution in [2.24, 2.45) is 0 Å². The zero-order valence-electron chi connectivity index (χ0n) is 11.1. The van der Waals surface area contributed by atoms with Crippen molar-refractivity contribution in [2.45, 2.75) is 40.0 Å². The van der Waals surface area contributed by atoms with Crippen LogP contribution in [0.2, 0.25) is 0 Å². The Bertz CT molecular complexity index is 540. The van der Waals surface area contributed by atoms with E-state index in [9.17, 15) is 4.79 Å². The molecule has 0 fully saturated rings. The zero-order chi connectivity index (χ0) is 13.1. The van der Waals surface area contributed by atoms with Gasteiger partial charge in [-0.05, 0) is 31.4 Å². The van der Waals surface area contributed by atoms with E-state index in [2.05, 4.69) is 24.0 Å². The van der Waals surface area contributed by atoms with Gasteiger partial charge in [0.15, 0.2) is 0 Å². The van der Waals surface area contributed by atoms with Gasteiger partial charge in [0.2, 0.25) is 0 Å². The maximum absolute atomic E-state index is 12.2. The molecule has 0 N–H and O–H groups in total. The minimum absolute atomic E-state index is 0.227. The second-order valence-electron chi connectivity index (χ2n) is 4.26.